The smallest absolute Gasteiger partial charge is 0.336 e. The molecule has 0 aliphatic carbocycles. The molecule has 0 unspecified atom stereocenters. The zero-order chi connectivity index (χ0) is 12.3. The Kier molecular flexibility index (Phi) is 3.93. The van der Waals surface area contributed by atoms with Crippen LogP contribution in [-0.2, 0) is 9.59 Å². The number of hydrogen-bond acceptors (Lipinski definition) is 2. The molecule has 0 aliphatic rings. The predicted octanol–water partition coefficient (Wildman–Crippen LogP) is 1.95. The monoisotopic (exact) mass is 259 g/mol. The Morgan fingerprint density at radius 2 is 1.94 bits per heavy atom. The molecule has 1 aromatic carbocycles. The summed E-state index contributed by atoms with van der Waals surface area (Å²) in [5, 5.41) is 9.19. The minimum absolute atomic E-state index is 0.0686. The number of aliphatic carboxylic acids is 1. The van der Waals surface area contributed by atoms with E-state index in [-0.39, 0.29) is 21.2 Å². The quantitative estimate of drug-likeness (QED) is 0.815. The molecule has 0 bridgehead atoms. The zero-order valence-electron chi connectivity index (χ0n) is 7.91. The van der Waals surface area contributed by atoms with Gasteiger partial charge in [-0.05, 0) is 6.07 Å². The van der Waals surface area contributed by atoms with Gasteiger partial charge in [0.2, 0.25) is 5.91 Å². The maximum Gasteiger partial charge on any atom is 0.336 e. The summed E-state index contributed by atoms with van der Waals surface area (Å²) in [4.78, 5) is 21.6. The Morgan fingerprint density at radius 1 is 1.31 bits per heavy atom. The van der Waals surface area contributed by atoms with Crippen molar-refractivity contribution in [2.24, 2.45) is 5.73 Å². The van der Waals surface area contributed by atoms with Crippen LogP contribution in [0.2, 0.25) is 10.0 Å². The first-order valence-electron chi connectivity index (χ1n) is 4.12. The molecule has 0 saturated heterocycles. The van der Waals surface area contributed by atoms with Gasteiger partial charge < -0.3 is 10.8 Å². The molecule has 3 N–H and O–H groups in total. The molecule has 0 saturated carbocycles. The van der Waals surface area contributed by atoms with Crippen molar-refractivity contribution in [2.75, 3.05) is 0 Å². The maximum absolute atomic E-state index is 10.9. The van der Waals surface area contributed by atoms with Crippen molar-refractivity contribution in [1.29, 1.82) is 0 Å². The van der Waals surface area contributed by atoms with Gasteiger partial charge in [0.15, 0.2) is 0 Å². The number of halogens is 2. The van der Waals surface area contributed by atoms with E-state index in [2.05, 4.69) is 0 Å². The fourth-order valence-corrected chi connectivity index (χ4v) is 1.51. The third-order valence-electron chi connectivity index (χ3n) is 1.76. The van der Waals surface area contributed by atoms with E-state index in [0.29, 0.717) is 0 Å². The minimum Gasteiger partial charge on any atom is -0.478 e. The molecule has 1 rings (SSSR count). The molecule has 0 spiro atoms. The number of rotatable bonds is 3. The van der Waals surface area contributed by atoms with Crippen molar-refractivity contribution in [3.8, 4) is 0 Å². The predicted molar refractivity (Wildman–Crippen MR) is 61.3 cm³/mol. The van der Waals surface area contributed by atoms with Gasteiger partial charge in [0.1, 0.15) is 0 Å². The van der Waals surface area contributed by atoms with Crippen LogP contribution < -0.4 is 5.73 Å². The van der Waals surface area contributed by atoms with Gasteiger partial charge in [0.05, 0.1) is 15.6 Å². The number of benzene rings is 1. The van der Waals surface area contributed by atoms with E-state index in [4.69, 9.17) is 34.0 Å². The van der Waals surface area contributed by atoms with Gasteiger partial charge in [-0.15, -0.1) is 0 Å². The van der Waals surface area contributed by atoms with Crippen LogP contribution in [0, 0.1) is 0 Å². The number of carboxylic acids is 1. The number of carbonyl (C=O) groups is 2. The van der Waals surface area contributed by atoms with E-state index < -0.39 is 11.9 Å². The van der Waals surface area contributed by atoms with Crippen molar-refractivity contribution < 1.29 is 14.7 Å². The maximum atomic E-state index is 10.9. The number of hydrogen-bond donors (Lipinski definition) is 2. The first-order valence-corrected chi connectivity index (χ1v) is 4.88. The Hall–Kier alpha value is -1.52. The molecule has 0 aromatic heterocycles. The van der Waals surface area contributed by atoms with Crippen LogP contribution in [0.15, 0.2) is 24.3 Å². The normalized spacial score (nSPS) is 11.2. The van der Waals surface area contributed by atoms with Crippen molar-refractivity contribution in [1.82, 2.24) is 0 Å². The van der Waals surface area contributed by atoms with Crippen LogP contribution >= 0.6 is 23.2 Å². The average molecular weight is 260 g/mol. The summed E-state index contributed by atoms with van der Waals surface area (Å²) >= 11 is 11.6. The lowest BCUT2D eigenvalue weighted by Gasteiger charge is -2.05. The van der Waals surface area contributed by atoms with Gasteiger partial charge in [-0.3, -0.25) is 4.79 Å². The summed E-state index contributed by atoms with van der Waals surface area (Å²) in [6, 6.07) is 4.48. The second-order valence-corrected chi connectivity index (χ2v) is 3.65. The van der Waals surface area contributed by atoms with Gasteiger partial charge >= 0.3 is 5.97 Å². The Morgan fingerprint density at radius 3 is 2.44 bits per heavy atom. The molecule has 1 aromatic rings. The molecule has 0 radical (unpaired) electrons. The largest absolute Gasteiger partial charge is 0.478 e. The third kappa shape index (κ3) is 2.74. The van der Waals surface area contributed by atoms with Crippen LogP contribution in [0.5, 0.6) is 0 Å². The average Bonchev–Trinajstić information content (AvgIpc) is 2.18. The number of amides is 1. The SMILES string of the molecule is NC(=O)/C=C(\C(=O)O)c1cccc(Cl)c1Cl. The first kappa shape index (κ1) is 12.5. The zero-order valence-corrected chi connectivity index (χ0v) is 9.42. The van der Waals surface area contributed by atoms with Crippen LogP contribution in [0.25, 0.3) is 5.57 Å². The van der Waals surface area contributed by atoms with E-state index in [1.165, 1.54) is 18.2 Å². The lowest BCUT2D eigenvalue weighted by atomic mass is 10.1. The standard InChI is InChI=1S/C10H7Cl2NO3/c11-7-3-1-2-5(9(7)12)6(10(15)16)4-8(13)14/h1-4H,(H2,13,14)(H,15,16)/b6-4-. The molecule has 16 heavy (non-hydrogen) atoms. The Bertz CT molecular complexity index is 483. The minimum atomic E-state index is -1.30. The lowest BCUT2D eigenvalue weighted by molar-refractivity contribution is -0.130. The second kappa shape index (κ2) is 5.01. The number of primary amides is 1. The lowest BCUT2D eigenvalue weighted by Crippen LogP contribution is -2.10. The van der Waals surface area contributed by atoms with Gasteiger partial charge in [-0.25, -0.2) is 4.79 Å². The van der Waals surface area contributed by atoms with Crippen LogP contribution in [0.4, 0.5) is 0 Å². The van der Waals surface area contributed by atoms with Crippen LogP contribution in [0.3, 0.4) is 0 Å². The highest BCUT2D eigenvalue weighted by Crippen LogP contribution is 2.30. The van der Waals surface area contributed by atoms with Crippen molar-refractivity contribution in [3.05, 3.63) is 39.9 Å². The molecule has 0 heterocycles. The number of carboxylic acid groups (broad SMARTS) is 1. The topological polar surface area (TPSA) is 80.4 Å². The summed E-state index contributed by atoms with van der Waals surface area (Å²) in [5.41, 5.74) is 4.76. The van der Waals surface area contributed by atoms with E-state index in [0.717, 1.165) is 6.08 Å². The van der Waals surface area contributed by atoms with Crippen LogP contribution in [-0.4, -0.2) is 17.0 Å². The molecule has 1 amide bonds. The number of nitrogens with two attached hydrogens (primary N) is 1. The van der Waals surface area contributed by atoms with Crippen molar-refractivity contribution in [2.45, 2.75) is 0 Å². The Labute approximate surface area is 101 Å². The first-order chi connectivity index (χ1) is 7.43. The molecule has 0 aliphatic heterocycles. The van der Waals surface area contributed by atoms with E-state index in [9.17, 15) is 9.59 Å². The molecule has 0 fully saturated rings. The summed E-state index contributed by atoms with van der Waals surface area (Å²) in [7, 11) is 0. The molecule has 84 valence electrons. The summed E-state index contributed by atoms with van der Waals surface area (Å²) in [6.07, 6.45) is 0.792. The van der Waals surface area contributed by atoms with Crippen molar-refractivity contribution in [3.63, 3.8) is 0 Å². The fourth-order valence-electron chi connectivity index (χ4n) is 1.11. The second-order valence-electron chi connectivity index (χ2n) is 2.87. The fraction of sp³-hybridized carbons (Fsp3) is 0. The highest BCUT2D eigenvalue weighted by atomic mass is 35.5. The van der Waals surface area contributed by atoms with Gasteiger partial charge in [0.25, 0.3) is 0 Å². The highest BCUT2D eigenvalue weighted by Gasteiger charge is 2.16. The summed E-state index contributed by atoms with van der Waals surface area (Å²) < 4.78 is 0. The Balaban J connectivity index is 3.39. The molecular formula is C10H7Cl2NO3. The van der Waals surface area contributed by atoms with Gasteiger partial charge in [-0.1, -0.05) is 35.3 Å². The van der Waals surface area contributed by atoms with Crippen LogP contribution in [0.1, 0.15) is 5.56 Å². The summed E-state index contributed by atoms with van der Waals surface area (Å²) in [6.45, 7) is 0. The van der Waals surface area contributed by atoms with Gasteiger partial charge in [-0.2, -0.15) is 0 Å². The molecule has 0 atom stereocenters. The van der Waals surface area contributed by atoms with E-state index in [1.54, 1.807) is 0 Å². The third-order valence-corrected chi connectivity index (χ3v) is 2.58. The van der Waals surface area contributed by atoms with E-state index in [1.807, 2.05) is 0 Å². The summed E-state index contributed by atoms with van der Waals surface area (Å²) in [5.74, 6) is -2.17. The molecule has 6 heteroatoms. The van der Waals surface area contributed by atoms with E-state index >= 15 is 0 Å². The highest BCUT2D eigenvalue weighted by molar-refractivity contribution is 6.44. The van der Waals surface area contributed by atoms with Gasteiger partial charge in [0, 0.05) is 11.6 Å². The van der Waals surface area contributed by atoms with Crippen molar-refractivity contribution >= 4 is 40.7 Å². The molecule has 4 nitrogen and oxygen atoms in total. The number of carbonyl (C=O) groups excluding carboxylic acids is 1. The molecular weight excluding hydrogens is 253 g/mol.